The second-order valence-electron chi connectivity index (χ2n) is 3.30. The molecule has 0 bridgehead atoms. The molecule has 0 radical (unpaired) electrons. The second kappa shape index (κ2) is 3.67. The van der Waals surface area contributed by atoms with E-state index in [-0.39, 0.29) is 12.5 Å². The SMILES string of the molecule is COc1ccc(Cl)c2c1NCC2CO. The maximum Gasteiger partial charge on any atom is 0.142 e. The van der Waals surface area contributed by atoms with Gasteiger partial charge in [-0.2, -0.15) is 0 Å². The number of hydrogen-bond donors (Lipinski definition) is 2. The van der Waals surface area contributed by atoms with Crippen molar-refractivity contribution in [2.45, 2.75) is 5.92 Å². The number of ether oxygens (including phenoxy) is 1. The van der Waals surface area contributed by atoms with Gasteiger partial charge in [0.1, 0.15) is 5.75 Å². The van der Waals surface area contributed by atoms with Crippen molar-refractivity contribution in [1.29, 1.82) is 0 Å². The number of nitrogens with one attached hydrogen (secondary N) is 1. The number of methoxy groups -OCH3 is 1. The minimum absolute atomic E-state index is 0.0765. The third-order valence-electron chi connectivity index (χ3n) is 2.53. The molecule has 2 N–H and O–H groups in total. The number of hydrogen-bond acceptors (Lipinski definition) is 3. The lowest BCUT2D eigenvalue weighted by molar-refractivity contribution is 0.273. The number of anilines is 1. The Morgan fingerprint density at radius 1 is 1.64 bits per heavy atom. The lowest BCUT2D eigenvalue weighted by Crippen LogP contribution is -2.06. The third-order valence-corrected chi connectivity index (χ3v) is 2.86. The average molecular weight is 214 g/mol. The molecule has 76 valence electrons. The van der Waals surface area contributed by atoms with Gasteiger partial charge in [0.2, 0.25) is 0 Å². The monoisotopic (exact) mass is 213 g/mol. The van der Waals surface area contributed by atoms with Crippen molar-refractivity contribution in [3.05, 3.63) is 22.7 Å². The molecule has 1 unspecified atom stereocenters. The number of benzene rings is 1. The summed E-state index contributed by atoms with van der Waals surface area (Å²) in [7, 11) is 1.62. The number of rotatable bonds is 2. The predicted octanol–water partition coefficient (Wildman–Crippen LogP) is 1.85. The van der Waals surface area contributed by atoms with Crippen LogP contribution < -0.4 is 10.1 Å². The van der Waals surface area contributed by atoms with E-state index in [4.69, 9.17) is 21.4 Å². The van der Waals surface area contributed by atoms with Crippen LogP contribution in [0.15, 0.2) is 12.1 Å². The lowest BCUT2D eigenvalue weighted by Gasteiger charge is -2.10. The van der Waals surface area contributed by atoms with Gasteiger partial charge in [0.05, 0.1) is 19.4 Å². The molecule has 4 heteroatoms. The van der Waals surface area contributed by atoms with Gasteiger partial charge in [-0.1, -0.05) is 11.6 Å². The van der Waals surface area contributed by atoms with Crippen LogP contribution in [0.5, 0.6) is 5.75 Å². The van der Waals surface area contributed by atoms with E-state index >= 15 is 0 Å². The van der Waals surface area contributed by atoms with E-state index in [0.717, 1.165) is 17.0 Å². The molecule has 0 saturated heterocycles. The number of aliphatic hydroxyl groups is 1. The third kappa shape index (κ3) is 1.33. The molecule has 1 aliphatic rings. The summed E-state index contributed by atoms with van der Waals surface area (Å²) < 4.78 is 5.20. The summed E-state index contributed by atoms with van der Waals surface area (Å²) in [6.07, 6.45) is 0. The summed E-state index contributed by atoms with van der Waals surface area (Å²) in [5.41, 5.74) is 1.88. The van der Waals surface area contributed by atoms with Gasteiger partial charge in [0, 0.05) is 23.0 Å². The summed E-state index contributed by atoms with van der Waals surface area (Å²) in [6, 6.07) is 3.63. The second-order valence-corrected chi connectivity index (χ2v) is 3.71. The zero-order valence-corrected chi connectivity index (χ0v) is 8.64. The standard InChI is InChI=1S/C10H12ClNO2/c1-14-8-3-2-7(11)9-6(5-13)4-12-10(8)9/h2-3,6,12-13H,4-5H2,1H3. The van der Waals surface area contributed by atoms with E-state index in [0.29, 0.717) is 11.6 Å². The van der Waals surface area contributed by atoms with Gasteiger partial charge in [-0.3, -0.25) is 0 Å². The fourth-order valence-corrected chi connectivity index (χ4v) is 2.12. The number of fused-ring (bicyclic) bond motifs is 1. The zero-order valence-electron chi connectivity index (χ0n) is 7.88. The summed E-state index contributed by atoms with van der Waals surface area (Å²) in [5.74, 6) is 0.855. The molecular formula is C10H12ClNO2. The summed E-state index contributed by atoms with van der Waals surface area (Å²) >= 11 is 6.07. The number of aliphatic hydroxyl groups excluding tert-OH is 1. The molecule has 14 heavy (non-hydrogen) atoms. The van der Waals surface area contributed by atoms with Crippen LogP contribution in [-0.2, 0) is 0 Å². The Labute approximate surface area is 87.6 Å². The molecule has 0 aliphatic carbocycles. The minimum Gasteiger partial charge on any atom is -0.495 e. The first-order chi connectivity index (χ1) is 6.77. The van der Waals surface area contributed by atoms with E-state index in [1.165, 1.54) is 0 Å². The predicted molar refractivity (Wildman–Crippen MR) is 56.3 cm³/mol. The van der Waals surface area contributed by atoms with E-state index < -0.39 is 0 Å². The summed E-state index contributed by atoms with van der Waals surface area (Å²) in [6.45, 7) is 0.818. The minimum atomic E-state index is 0.0765. The van der Waals surface area contributed by atoms with Crippen molar-refractivity contribution < 1.29 is 9.84 Å². The van der Waals surface area contributed by atoms with Crippen molar-refractivity contribution in [1.82, 2.24) is 0 Å². The van der Waals surface area contributed by atoms with Crippen molar-refractivity contribution in [2.24, 2.45) is 0 Å². The molecule has 0 aromatic heterocycles. The van der Waals surface area contributed by atoms with Gasteiger partial charge < -0.3 is 15.2 Å². The Balaban J connectivity index is 2.52. The molecule has 2 rings (SSSR count). The van der Waals surface area contributed by atoms with Crippen LogP contribution in [0.25, 0.3) is 0 Å². The highest BCUT2D eigenvalue weighted by atomic mass is 35.5. The van der Waals surface area contributed by atoms with Gasteiger partial charge in [0.25, 0.3) is 0 Å². The van der Waals surface area contributed by atoms with E-state index in [2.05, 4.69) is 5.32 Å². The molecule has 1 aromatic rings. The van der Waals surface area contributed by atoms with Gasteiger partial charge in [-0.25, -0.2) is 0 Å². The van der Waals surface area contributed by atoms with Crippen LogP contribution in [0, 0.1) is 0 Å². The smallest absolute Gasteiger partial charge is 0.142 e. The molecule has 1 aromatic carbocycles. The largest absolute Gasteiger partial charge is 0.495 e. The highest BCUT2D eigenvalue weighted by Gasteiger charge is 2.26. The Hall–Kier alpha value is -0.930. The molecule has 1 atom stereocenters. The van der Waals surface area contributed by atoms with E-state index in [9.17, 15) is 0 Å². The Morgan fingerprint density at radius 2 is 2.43 bits per heavy atom. The van der Waals surface area contributed by atoms with Crippen molar-refractivity contribution in [2.75, 3.05) is 25.6 Å². The molecule has 0 amide bonds. The number of halogens is 1. The average Bonchev–Trinajstić information content (AvgIpc) is 2.63. The van der Waals surface area contributed by atoms with Gasteiger partial charge in [0.15, 0.2) is 0 Å². The highest BCUT2D eigenvalue weighted by Crippen LogP contribution is 2.42. The van der Waals surface area contributed by atoms with Crippen LogP contribution >= 0.6 is 11.6 Å². The van der Waals surface area contributed by atoms with Crippen LogP contribution in [0.4, 0.5) is 5.69 Å². The van der Waals surface area contributed by atoms with Crippen molar-refractivity contribution >= 4 is 17.3 Å². The first-order valence-corrected chi connectivity index (χ1v) is 4.86. The van der Waals surface area contributed by atoms with E-state index in [1.807, 2.05) is 6.07 Å². The first kappa shape index (κ1) is 9.62. The molecule has 0 saturated carbocycles. The zero-order chi connectivity index (χ0) is 10.1. The Morgan fingerprint density at radius 3 is 3.07 bits per heavy atom. The maximum atomic E-state index is 9.16. The molecule has 1 aliphatic heterocycles. The van der Waals surface area contributed by atoms with Gasteiger partial charge in [-0.05, 0) is 12.1 Å². The quantitative estimate of drug-likeness (QED) is 0.788. The van der Waals surface area contributed by atoms with Crippen LogP contribution in [0.3, 0.4) is 0 Å². The summed E-state index contributed by atoms with van der Waals surface area (Å²) in [5, 5.41) is 13.0. The van der Waals surface area contributed by atoms with Crippen LogP contribution in [0.1, 0.15) is 11.5 Å². The molecule has 0 fully saturated rings. The van der Waals surface area contributed by atoms with E-state index in [1.54, 1.807) is 13.2 Å². The summed E-state index contributed by atoms with van der Waals surface area (Å²) in [4.78, 5) is 0. The van der Waals surface area contributed by atoms with Gasteiger partial charge in [-0.15, -0.1) is 0 Å². The van der Waals surface area contributed by atoms with Crippen LogP contribution in [0.2, 0.25) is 5.02 Å². The lowest BCUT2D eigenvalue weighted by atomic mass is 10.0. The Kier molecular flexibility index (Phi) is 2.52. The Bertz CT molecular complexity index is 354. The van der Waals surface area contributed by atoms with Crippen LogP contribution in [-0.4, -0.2) is 25.4 Å². The molecular weight excluding hydrogens is 202 g/mol. The fraction of sp³-hybridized carbons (Fsp3) is 0.400. The highest BCUT2D eigenvalue weighted by molar-refractivity contribution is 6.32. The van der Waals surface area contributed by atoms with Gasteiger partial charge >= 0.3 is 0 Å². The normalized spacial score (nSPS) is 18.9. The fourth-order valence-electron chi connectivity index (χ4n) is 1.81. The van der Waals surface area contributed by atoms with Crippen molar-refractivity contribution in [3.8, 4) is 5.75 Å². The maximum absolute atomic E-state index is 9.16. The molecule has 1 heterocycles. The van der Waals surface area contributed by atoms with Crippen molar-refractivity contribution in [3.63, 3.8) is 0 Å². The first-order valence-electron chi connectivity index (χ1n) is 4.49. The molecule has 3 nitrogen and oxygen atoms in total. The topological polar surface area (TPSA) is 41.5 Å². The molecule has 0 spiro atoms.